The lowest BCUT2D eigenvalue weighted by Crippen LogP contribution is -2.21. The van der Waals surface area contributed by atoms with Crippen molar-refractivity contribution >= 4 is 28.8 Å². The predicted molar refractivity (Wildman–Crippen MR) is 40.9 cm³/mol. The molecule has 52 valence electrons. The molecule has 0 N–H and O–H groups in total. The van der Waals surface area contributed by atoms with Gasteiger partial charge in [0.25, 0.3) is 0 Å². The Morgan fingerprint density at radius 3 is 2.33 bits per heavy atom. The van der Waals surface area contributed by atoms with Crippen LogP contribution >= 0.6 is 22.9 Å². The highest BCUT2D eigenvalue weighted by Gasteiger charge is 2.40. The Morgan fingerprint density at radius 1 is 1.78 bits per heavy atom. The lowest BCUT2D eigenvalue weighted by atomic mass is 10.5. The summed E-state index contributed by atoms with van der Waals surface area (Å²) in [6.07, 6.45) is 0.258. The predicted octanol–water partition coefficient (Wildman–Crippen LogP) is 0.930. The molecule has 1 amide bonds. The van der Waals surface area contributed by atoms with E-state index in [-0.39, 0.29) is 18.2 Å². The zero-order chi connectivity index (χ0) is 7.02. The second-order valence-electron chi connectivity index (χ2n) is 2.06. The maximum absolute atomic E-state index is 10.6. The van der Waals surface area contributed by atoms with Crippen LogP contribution in [-0.2, 0) is 9.53 Å². The molecular weight excluding hydrogens is 233 g/mol. The van der Waals surface area contributed by atoms with E-state index in [1.807, 2.05) is 29.8 Å². The van der Waals surface area contributed by atoms with Crippen molar-refractivity contribution in [3.63, 3.8) is 0 Å². The van der Waals surface area contributed by atoms with Crippen LogP contribution in [-0.4, -0.2) is 21.4 Å². The number of epoxide rings is 1. The average Bonchev–Trinajstić information content (AvgIpc) is 2.44. The monoisotopic (exact) mass is 241 g/mol. The van der Waals surface area contributed by atoms with Gasteiger partial charge in [0, 0.05) is 6.92 Å². The average molecular weight is 241 g/mol. The third-order valence-corrected chi connectivity index (χ3v) is 2.43. The van der Waals surface area contributed by atoms with Crippen LogP contribution < -0.4 is 0 Å². The Bertz CT molecular complexity index is 139. The molecule has 9 heavy (non-hydrogen) atoms. The molecule has 0 aromatic heterocycles. The molecule has 1 aliphatic heterocycles. The van der Waals surface area contributed by atoms with Gasteiger partial charge in [-0.2, -0.15) is 0 Å². The molecule has 1 saturated heterocycles. The van der Waals surface area contributed by atoms with Crippen LogP contribution in [0.25, 0.3) is 0 Å². The van der Waals surface area contributed by atoms with E-state index in [4.69, 9.17) is 4.74 Å². The molecule has 1 aliphatic rings. The van der Waals surface area contributed by atoms with Crippen molar-refractivity contribution in [2.24, 2.45) is 0 Å². The smallest absolute Gasteiger partial charge is 0.230 e. The van der Waals surface area contributed by atoms with E-state index < -0.39 is 0 Å². The molecule has 1 fully saturated rings. The van der Waals surface area contributed by atoms with Crippen molar-refractivity contribution < 1.29 is 9.53 Å². The van der Waals surface area contributed by atoms with Gasteiger partial charge >= 0.3 is 0 Å². The summed E-state index contributed by atoms with van der Waals surface area (Å²) in [6, 6.07) is 0. The molecule has 0 radical (unpaired) electrons. The van der Waals surface area contributed by atoms with E-state index in [0.717, 1.165) is 0 Å². The number of carbonyl (C=O) groups excluding carboxylic acids is 1. The van der Waals surface area contributed by atoms with Gasteiger partial charge in [0.05, 0.1) is 22.9 Å². The highest BCUT2D eigenvalue weighted by molar-refractivity contribution is 14.1. The van der Waals surface area contributed by atoms with Crippen molar-refractivity contribution in [1.29, 1.82) is 0 Å². The Hall–Kier alpha value is 0.160. The first-order chi connectivity index (χ1) is 4.13. The quantitative estimate of drug-likeness (QED) is 0.388. The SMILES string of the molecule is CC(=O)N(I)C1OC1C. The van der Waals surface area contributed by atoms with Crippen LogP contribution in [0.1, 0.15) is 13.8 Å². The Morgan fingerprint density at radius 2 is 2.22 bits per heavy atom. The van der Waals surface area contributed by atoms with Crippen LogP contribution in [0.15, 0.2) is 0 Å². The van der Waals surface area contributed by atoms with Gasteiger partial charge in [-0.05, 0) is 6.92 Å². The highest BCUT2D eigenvalue weighted by atomic mass is 127. The number of halogens is 1. The number of hydrogen-bond acceptors (Lipinski definition) is 2. The molecule has 0 aromatic rings. The Kier molecular flexibility index (Phi) is 1.95. The summed E-state index contributed by atoms with van der Waals surface area (Å²) < 4.78 is 6.61. The lowest BCUT2D eigenvalue weighted by Gasteiger charge is -2.06. The van der Waals surface area contributed by atoms with E-state index in [1.165, 1.54) is 6.92 Å². The minimum atomic E-state index is 0.0306. The Labute approximate surface area is 67.8 Å². The van der Waals surface area contributed by atoms with Crippen LogP contribution in [0.3, 0.4) is 0 Å². The fraction of sp³-hybridized carbons (Fsp3) is 0.800. The largest absolute Gasteiger partial charge is 0.347 e. The summed E-state index contributed by atoms with van der Waals surface area (Å²) in [5, 5.41) is 0. The maximum Gasteiger partial charge on any atom is 0.230 e. The summed E-state index contributed by atoms with van der Waals surface area (Å²) in [5.41, 5.74) is 0. The van der Waals surface area contributed by atoms with E-state index in [9.17, 15) is 4.79 Å². The highest BCUT2D eigenvalue weighted by Crippen LogP contribution is 2.27. The second-order valence-corrected chi connectivity index (χ2v) is 3.10. The molecule has 1 rings (SSSR count). The number of ether oxygens (including phenoxy) is 1. The van der Waals surface area contributed by atoms with Gasteiger partial charge in [-0.1, -0.05) is 0 Å². The van der Waals surface area contributed by atoms with Gasteiger partial charge in [0.15, 0.2) is 6.23 Å². The van der Waals surface area contributed by atoms with Crippen LogP contribution in [0, 0.1) is 0 Å². The first-order valence-electron chi connectivity index (χ1n) is 2.74. The molecule has 2 unspecified atom stereocenters. The third-order valence-electron chi connectivity index (χ3n) is 1.20. The first-order valence-corrected chi connectivity index (χ1v) is 3.70. The number of nitrogens with zero attached hydrogens (tertiary/aromatic N) is 1. The summed E-state index contributed by atoms with van der Waals surface area (Å²) in [5.74, 6) is 0.0463. The zero-order valence-electron chi connectivity index (χ0n) is 5.30. The van der Waals surface area contributed by atoms with E-state index >= 15 is 0 Å². The van der Waals surface area contributed by atoms with Gasteiger partial charge < -0.3 is 4.74 Å². The van der Waals surface area contributed by atoms with Gasteiger partial charge in [-0.25, -0.2) is 0 Å². The van der Waals surface area contributed by atoms with Crippen LogP contribution in [0.2, 0.25) is 0 Å². The molecule has 1 heterocycles. The third kappa shape index (κ3) is 1.54. The van der Waals surface area contributed by atoms with E-state index in [0.29, 0.717) is 0 Å². The lowest BCUT2D eigenvalue weighted by molar-refractivity contribution is -0.124. The van der Waals surface area contributed by atoms with E-state index in [1.54, 1.807) is 3.11 Å². The summed E-state index contributed by atoms with van der Waals surface area (Å²) >= 11 is 1.96. The normalized spacial score (nSPS) is 31.9. The number of carbonyl (C=O) groups is 1. The minimum absolute atomic E-state index is 0.0306. The van der Waals surface area contributed by atoms with Gasteiger partial charge in [0.2, 0.25) is 5.91 Å². The molecule has 0 aliphatic carbocycles. The van der Waals surface area contributed by atoms with Gasteiger partial charge in [0.1, 0.15) is 6.10 Å². The van der Waals surface area contributed by atoms with Crippen molar-refractivity contribution in [1.82, 2.24) is 3.11 Å². The van der Waals surface area contributed by atoms with Crippen LogP contribution in [0.5, 0.6) is 0 Å². The number of rotatable bonds is 1. The molecule has 2 atom stereocenters. The number of amides is 1. The molecule has 0 saturated carbocycles. The fourth-order valence-corrected chi connectivity index (χ4v) is 1.18. The van der Waals surface area contributed by atoms with Gasteiger partial charge in [-0.15, -0.1) is 0 Å². The zero-order valence-corrected chi connectivity index (χ0v) is 7.45. The van der Waals surface area contributed by atoms with Crippen molar-refractivity contribution in [2.75, 3.05) is 0 Å². The summed E-state index contributed by atoms with van der Waals surface area (Å²) in [7, 11) is 0. The van der Waals surface area contributed by atoms with Crippen molar-refractivity contribution in [2.45, 2.75) is 26.2 Å². The second kappa shape index (κ2) is 2.42. The molecule has 4 heteroatoms. The van der Waals surface area contributed by atoms with Crippen molar-refractivity contribution in [3.8, 4) is 0 Å². The maximum atomic E-state index is 10.6. The molecule has 3 nitrogen and oxygen atoms in total. The number of hydrogen-bond donors (Lipinski definition) is 0. The molecular formula is C5H8INO2. The first kappa shape index (κ1) is 7.27. The summed E-state index contributed by atoms with van der Waals surface area (Å²) in [4.78, 5) is 10.6. The Balaban J connectivity index is 2.36. The molecule has 0 spiro atoms. The van der Waals surface area contributed by atoms with Crippen LogP contribution in [0.4, 0.5) is 0 Å². The topological polar surface area (TPSA) is 32.8 Å². The van der Waals surface area contributed by atoms with Crippen molar-refractivity contribution in [3.05, 3.63) is 0 Å². The van der Waals surface area contributed by atoms with Gasteiger partial charge in [-0.3, -0.25) is 7.91 Å². The van der Waals surface area contributed by atoms with E-state index in [2.05, 4.69) is 0 Å². The summed E-state index contributed by atoms with van der Waals surface area (Å²) in [6.45, 7) is 3.47. The minimum Gasteiger partial charge on any atom is -0.347 e. The molecule has 0 bridgehead atoms. The standard InChI is InChI=1S/C5H8INO2/c1-3-5(9-3)7(6)4(2)8/h3,5H,1-2H3. The molecule has 0 aromatic carbocycles. The fourth-order valence-electron chi connectivity index (χ4n) is 0.591.